The van der Waals surface area contributed by atoms with Crippen LogP contribution in [-0.2, 0) is 16.1 Å². The first kappa shape index (κ1) is 15.9. The summed E-state index contributed by atoms with van der Waals surface area (Å²) in [5.74, 6) is -0.160. The number of hydrogen-bond acceptors (Lipinski definition) is 6. The molecule has 1 aliphatic rings. The van der Waals surface area contributed by atoms with Crippen LogP contribution in [0.25, 0.3) is 0 Å². The van der Waals surface area contributed by atoms with Crippen LogP contribution >= 0.6 is 39.2 Å². The van der Waals surface area contributed by atoms with Crippen molar-refractivity contribution >= 4 is 50.9 Å². The number of rotatable bonds is 6. The van der Waals surface area contributed by atoms with Gasteiger partial charge in [0, 0.05) is 26.4 Å². The lowest BCUT2D eigenvalue weighted by atomic mass is 10.3. The molecule has 0 radical (unpaired) electrons. The van der Waals surface area contributed by atoms with Crippen LogP contribution in [0.2, 0.25) is 0 Å². The standard InChI is InChI=1S/C15H15BrN2O2S2/c16-12-6-8-21-14(12)9-17-10-1-3-11(4-2-10)22-18-13-5-7-20-15(13)19/h1-4,6,8,13,17-18H,5,7,9H2. The Morgan fingerprint density at radius 1 is 1.32 bits per heavy atom. The molecule has 2 heterocycles. The van der Waals surface area contributed by atoms with Gasteiger partial charge in [0.25, 0.3) is 0 Å². The van der Waals surface area contributed by atoms with E-state index < -0.39 is 0 Å². The quantitative estimate of drug-likeness (QED) is 0.567. The Bertz CT molecular complexity index is 645. The van der Waals surface area contributed by atoms with E-state index >= 15 is 0 Å². The molecule has 1 atom stereocenters. The third-order valence-corrected chi connectivity index (χ3v) is 6.09. The molecule has 1 aliphatic heterocycles. The van der Waals surface area contributed by atoms with E-state index in [0.29, 0.717) is 6.61 Å². The number of carbonyl (C=O) groups excluding carboxylic acids is 1. The molecule has 1 fully saturated rings. The smallest absolute Gasteiger partial charge is 0.324 e. The molecule has 2 N–H and O–H groups in total. The Balaban J connectivity index is 1.49. The predicted octanol–water partition coefficient (Wildman–Crippen LogP) is 4.03. The van der Waals surface area contributed by atoms with E-state index in [1.54, 1.807) is 11.3 Å². The molecule has 3 rings (SSSR count). The summed E-state index contributed by atoms with van der Waals surface area (Å²) in [6.45, 7) is 1.31. The van der Waals surface area contributed by atoms with Gasteiger partial charge in [0.1, 0.15) is 6.04 Å². The average molecular weight is 399 g/mol. The molecule has 1 saturated heterocycles. The maximum Gasteiger partial charge on any atom is 0.324 e. The van der Waals surface area contributed by atoms with E-state index in [9.17, 15) is 4.79 Å². The van der Waals surface area contributed by atoms with Gasteiger partial charge in [0.05, 0.1) is 13.2 Å². The van der Waals surface area contributed by atoms with Crippen LogP contribution in [0.3, 0.4) is 0 Å². The number of cyclic esters (lactones) is 1. The molecular formula is C15H15BrN2O2S2. The highest BCUT2D eigenvalue weighted by molar-refractivity contribution is 9.10. The van der Waals surface area contributed by atoms with E-state index in [1.165, 1.54) is 16.8 Å². The molecular weight excluding hydrogens is 384 g/mol. The summed E-state index contributed by atoms with van der Waals surface area (Å²) in [6.07, 6.45) is 0.737. The van der Waals surface area contributed by atoms with Gasteiger partial charge in [-0.3, -0.25) is 4.79 Å². The lowest BCUT2D eigenvalue weighted by molar-refractivity contribution is -0.139. The molecule has 0 bridgehead atoms. The monoisotopic (exact) mass is 398 g/mol. The van der Waals surface area contributed by atoms with Crippen LogP contribution in [0.4, 0.5) is 5.69 Å². The number of carbonyl (C=O) groups is 1. The molecule has 1 unspecified atom stereocenters. The van der Waals surface area contributed by atoms with Crippen molar-refractivity contribution in [1.82, 2.24) is 4.72 Å². The maximum atomic E-state index is 11.4. The SMILES string of the molecule is O=C1OCCC1NSc1ccc(NCc2sccc2Br)cc1. The summed E-state index contributed by atoms with van der Waals surface area (Å²) in [4.78, 5) is 13.7. The molecule has 1 aromatic heterocycles. The lowest BCUT2D eigenvalue weighted by Crippen LogP contribution is -2.27. The van der Waals surface area contributed by atoms with E-state index in [2.05, 4.69) is 37.4 Å². The fourth-order valence-corrected chi connectivity index (χ4v) is 4.21. The Hall–Kier alpha value is -1.02. The minimum absolute atomic E-state index is 0.160. The van der Waals surface area contributed by atoms with Gasteiger partial charge in [0.2, 0.25) is 0 Å². The van der Waals surface area contributed by atoms with E-state index in [1.807, 2.05) is 24.3 Å². The van der Waals surface area contributed by atoms with Crippen LogP contribution in [0, 0.1) is 0 Å². The Kier molecular flexibility index (Phi) is 5.41. The molecule has 0 saturated carbocycles. The number of esters is 1. The number of hydrogen-bond donors (Lipinski definition) is 2. The zero-order valence-corrected chi connectivity index (χ0v) is 14.9. The second-order valence-electron chi connectivity index (χ2n) is 4.80. The van der Waals surface area contributed by atoms with Crippen molar-refractivity contribution in [3.63, 3.8) is 0 Å². The molecule has 0 amide bonds. The van der Waals surface area contributed by atoms with Crippen molar-refractivity contribution in [1.29, 1.82) is 0 Å². The van der Waals surface area contributed by atoms with Gasteiger partial charge in [0.15, 0.2) is 0 Å². The maximum absolute atomic E-state index is 11.4. The van der Waals surface area contributed by atoms with Crippen LogP contribution in [0.15, 0.2) is 45.1 Å². The zero-order chi connectivity index (χ0) is 15.4. The van der Waals surface area contributed by atoms with Crippen LogP contribution in [-0.4, -0.2) is 18.6 Å². The largest absolute Gasteiger partial charge is 0.464 e. The van der Waals surface area contributed by atoms with Crippen LogP contribution in [0.1, 0.15) is 11.3 Å². The third kappa shape index (κ3) is 4.04. The Morgan fingerprint density at radius 2 is 2.14 bits per heavy atom. The fourth-order valence-electron chi connectivity index (χ4n) is 2.02. The summed E-state index contributed by atoms with van der Waals surface area (Å²) in [5, 5.41) is 5.47. The van der Waals surface area contributed by atoms with Gasteiger partial charge in [-0.05, 0) is 63.6 Å². The number of nitrogens with one attached hydrogen (secondary N) is 2. The van der Waals surface area contributed by atoms with E-state index in [0.717, 1.165) is 28.0 Å². The van der Waals surface area contributed by atoms with Crippen molar-refractivity contribution in [3.05, 3.63) is 45.1 Å². The third-order valence-electron chi connectivity index (χ3n) is 3.25. The van der Waals surface area contributed by atoms with Crippen molar-refractivity contribution in [2.75, 3.05) is 11.9 Å². The van der Waals surface area contributed by atoms with E-state index in [-0.39, 0.29) is 12.0 Å². The average Bonchev–Trinajstić information content (AvgIpc) is 3.12. The first-order chi connectivity index (χ1) is 10.7. The van der Waals surface area contributed by atoms with Crippen LogP contribution in [0.5, 0.6) is 0 Å². The summed E-state index contributed by atoms with van der Waals surface area (Å²) in [5.41, 5.74) is 1.07. The van der Waals surface area contributed by atoms with Crippen molar-refractivity contribution in [3.8, 4) is 0 Å². The molecule has 4 nitrogen and oxygen atoms in total. The predicted molar refractivity (Wildman–Crippen MR) is 94.1 cm³/mol. The normalized spacial score (nSPS) is 17.5. The van der Waals surface area contributed by atoms with Crippen molar-refractivity contribution in [2.24, 2.45) is 0 Å². The number of halogens is 1. The molecule has 116 valence electrons. The second kappa shape index (κ2) is 7.50. The summed E-state index contributed by atoms with van der Waals surface area (Å²) >= 11 is 6.72. The van der Waals surface area contributed by atoms with Gasteiger partial charge in [-0.1, -0.05) is 0 Å². The minimum Gasteiger partial charge on any atom is -0.464 e. The summed E-state index contributed by atoms with van der Waals surface area (Å²) in [6, 6.07) is 10.0. The molecule has 22 heavy (non-hydrogen) atoms. The molecule has 1 aromatic carbocycles. The van der Waals surface area contributed by atoms with Gasteiger partial charge in [-0.2, -0.15) is 0 Å². The highest BCUT2D eigenvalue weighted by Crippen LogP contribution is 2.24. The number of benzene rings is 1. The number of anilines is 1. The topological polar surface area (TPSA) is 50.4 Å². The van der Waals surface area contributed by atoms with E-state index in [4.69, 9.17) is 4.74 Å². The second-order valence-corrected chi connectivity index (χ2v) is 7.56. The summed E-state index contributed by atoms with van der Waals surface area (Å²) in [7, 11) is 0. The molecule has 7 heteroatoms. The highest BCUT2D eigenvalue weighted by Gasteiger charge is 2.25. The van der Waals surface area contributed by atoms with Crippen molar-refractivity contribution in [2.45, 2.75) is 23.9 Å². The molecule has 2 aromatic rings. The van der Waals surface area contributed by atoms with Gasteiger partial charge >= 0.3 is 5.97 Å². The number of ether oxygens (including phenoxy) is 1. The number of thiophene rings is 1. The van der Waals surface area contributed by atoms with Crippen LogP contribution < -0.4 is 10.0 Å². The first-order valence-corrected chi connectivity index (χ1v) is 9.36. The van der Waals surface area contributed by atoms with Gasteiger partial charge in [-0.25, -0.2) is 4.72 Å². The summed E-state index contributed by atoms with van der Waals surface area (Å²) < 4.78 is 9.21. The Morgan fingerprint density at radius 3 is 2.77 bits per heavy atom. The lowest BCUT2D eigenvalue weighted by Gasteiger charge is -2.09. The van der Waals surface area contributed by atoms with Gasteiger partial charge < -0.3 is 10.1 Å². The minimum atomic E-state index is -0.195. The Labute approximate surface area is 145 Å². The zero-order valence-electron chi connectivity index (χ0n) is 11.7. The van der Waals surface area contributed by atoms with Crippen molar-refractivity contribution < 1.29 is 9.53 Å². The van der Waals surface area contributed by atoms with Gasteiger partial charge in [-0.15, -0.1) is 11.3 Å². The highest BCUT2D eigenvalue weighted by atomic mass is 79.9. The molecule has 0 aliphatic carbocycles. The fraction of sp³-hybridized carbons (Fsp3) is 0.267. The molecule has 0 spiro atoms. The first-order valence-electron chi connectivity index (χ1n) is 6.87.